The third-order valence-corrected chi connectivity index (χ3v) is 5.08. The summed E-state index contributed by atoms with van der Waals surface area (Å²) < 4.78 is 7.34. The summed E-state index contributed by atoms with van der Waals surface area (Å²) in [5.41, 5.74) is 2.71. The van der Waals surface area contributed by atoms with Crippen LogP contribution in [0.2, 0.25) is 5.02 Å². The standard InChI is InChI=1S/C19H18ClN3O2/c1-22-16-6-4-3-5-15(16)21-19(22)12-9-18(24)23(11-12)17-10-13(25-2)7-8-14(17)20/h3-8,10,12H,9,11H2,1-2H3/t12-/m0/s1. The number of benzene rings is 2. The van der Waals surface area contributed by atoms with Gasteiger partial charge in [0.2, 0.25) is 5.91 Å². The van der Waals surface area contributed by atoms with Gasteiger partial charge in [0, 0.05) is 32.0 Å². The van der Waals surface area contributed by atoms with Crippen molar-refractivity contribution in [2.45, 2.75) is 12.3 Å². The summed E-state index contributed by atoms with van der Waals surface area (Å²) in [5.74, 6) is 1.69. The topological polar surface area (TPSA) is 47.4 Å². The summed E-state index contributed by atoms with van der Waals surface area (Å²) in [6, 6.07) is 13.3. The van der Waals surface area contributed by atoms with Gasteiger partial charge in [-0.15, -0.1) is 0 Å². The first-order valence-electron chi connectivity index (χ1n) is 8.13. The van der Waals surface area contributed by atoms with Crippen LogP contribution in [-0.4, -0.2) is 29.1 Å². The number of rotatable bonds is 3. The van der Waals surface area contributed by atoms with Crippen LogP contribution in [0.15, 0.2) is 42.5 Å². The number of anilines is 1. The molecule has 1 amide bonds. The fourth-order valence-corrected chi connectivity index (χ4v) is 3.69. The van der Waals surface area contributed by atoms with Crippen LogP contribution in [0.3, 0.4) is 0 Å². The highest BCUT2D eigenvalue weighted by atomic mass is 35.5. The number of nitrogens with zero attached hydrogens (tertiary/aromatic N) is 3. The molecule has 4 rings (SSSR count). The van der Waals surface area contributed by atoms with Gasteiger partial charge in [-0.05, 0) is 24.3 Å². The van der Waals surface area contributed by atoms with E-state index in [9.17, 15) is 4.79 Å². The number of carbonyl (C=O) groups excluding carboxylic acids is 1. The molecule has 6 heteroatoms. The highest BCUT2D eigenvalue weighted by Crippen LogP contribution is 2.37. The Labute approximate surface area is 150 Å². The lowest BCUT2D eigenvalue weighted by Crippen LogP contribution is -2.24. The SMILES string of the molecule is COc1ccc(Cl)c(N2C[C@@H](c3nc4ccccc4n3C)CC2=O)c1. The van der Waals surface area contributed by atoms with E-state index in [0.29, 0.717) is 29.4 Å². The van der Waals surface area contributed by atoms with Crippen molar-refractivity contribution in [3.63, 3.8) is 0 Å². The van der Waals surface area contributed by atoms with Crippen molar-refractivity contribution in [1.29, 1.82) is 0 Å². The number of methoxy groups -OCH3 is 1. The fraction of sp³-hybridized carbons (Fsp3) is 0.263. The van der Waals surface area contributed by atoms with E-state index in [1.807, 2.05) is 31.3 Å². The van der Waals surface area contributed by atoms with Gasteiger partial charge in [0.15, 0.2) is 0 Å². The molecule has 25 heavy (non-hydrogen) atoms. The third kappa shape index (κ3) is 2.65. The maximum atomic E-state index is 12.6. The Morgan fingerprint density at radius 2 is 2.04 bits per heavy atom. The Kier molecular flexibility index (Phi) is 3.88. The minimum atomic E-state index is 0.0344. The van der Waals surface area contributed by atoms with E-state index in [0.717, 1.165) is 16.9 Å². The maximum Gasteiger partial charge on any atom is 0.227 e. The molecule has 0 aliphatic carbocycles. The Morgan fingerprint density at radius 1 is 1.24 bits per heavy atom. The van der Waals surface area contributed by atoms with E-state index in [1.54, 1.807) is 30.2 Å². The molecule has 2 aromatic carbocycles. The monoisotopic (exact) mass is 355 g/mol. The van der Waals surface area contributed by atoms with Crippen LogP contribution < -0.4 is 9.64 Å². The lowest BCUT2D eigenvalue weighted by molar-refractivity contribution is -0.117. The van der Waals surface area contributed by atoms with E-state index >= 15 is 0 Å². The summed E-state index contributed by atoms with van der Waals surface area (Å²) in [4.78, 5) is 19.1. The molecule has 1 fully saturated rings. The molecule has 5 nitrogen and oxygen atoms in total. The highest BCUT2D eigenvalue weighted by molar-refractivity contribution is 6.34. The molecule has 2 heterocycles. The zero-order valence-electron chi connectivity index (χ0n) is 14.1. The Morgan fingerprint density at radius 3 is 2.80 bits per heavy atom. The van der Waals surface area contributed by atoms with Crippen molar-refractivity contribution in [1.82, 2.24) is 9.55 Å². The molecule has 0 radical (unpaired) electrons. The first kappa shape index (κ1) is 16.0. The number of aromatic nitrogens is 2. The third-order valence-electron chi connectivity index (χ3n) is 4.76. The van der Waals surface area contributed by atoms with E-state index in [4.69, 9.17) is 21.3 Å². The largest absolute Gasteiger partial charge is 0.497 e. The lowest BCUT2D eigenvalue weighted by atomic mass is 10.1. The second-order valence-corrected chi connectivity index (χ2v) is 6.65. The normalized spacial score (nSPS) is 17.5. The summed E-state index contributed by atoms with van der Waals surface area (Å²) in [7, 11) is 3.59. The number of aryl methyl sites for hydroxylation is 1. The second kappa shape index (κ2) is 6.08. The molecule has 0 bridgehead atoms. The predicted molar refractivity (Wildman–Crippen MR) is 98.4 cm³/mol. The molecule has 3 aromatic rings. The zero-order chi connectivity index (χ0) is 17.6. The average molecular weight is 356 g/mol. The molecule has 0 saturated carbocycles. The first-order valence-corrected chi connectivity index (χ1v) is 8.51. The first-order chi connectivity index (χ1) is 12.1. The molecule has 1 aromatic heterocycles. The van der Waals surface area contributed by atoms with Crippen molar-refractivity contribution in [2.24, 2.45) is 7.05 Å². The molecule has 1 aliphatic rings. The molecule has 0 N–H and O–H groups in total. The van der Waals surface area contributed by atoms with Crippen LogP contribution in [0.5, 0.6) is 5.75 Å². The van der Waals surface area contributed by atoms with Crippen LogP contribution >= 0.6 is 11.6 Å². The van der Waals surface area contributed by atoms with Gasteiger partial charge in [-0.25, -0.2) is 4.98 Å². The van der Waals surface area contributed by atoms with Gasteiger partial charge in [-0.2, -0.15) is 0 Å². The van der Waals surface area contributed by atoms with E-state index in [-0.39, 0.29) is 11.8 Å². The predicted octanol–water partition coefficient (Wildman–Crippen LogP) is 3.76. The number of fused-ring (bicyclic) bond motifs is 1. The van der Waals surface area contributed by atoms with E-state index in [1.165, 1.54) is 0 Å². The van der Waals surface area contributed by atoms with E-state index in [2.05, 4.69) is 4.57 Å². The Bertz CT molecular complexity index is 966. The molecule has 0 spiro atoms. The Balaban J connectivity index is 1.69. The summed E-state index contributed by atoms with van der Waals surface area (Å²) in [5, 5.41) is 0.541. The quantitative estimate of drug-likeness (QED) is 0.718. The number of imidazole rings is 1. The van der Waals surface area contributed by atoms with Gasteiger partial charge < -0.3 is 14.2 Å². The van der Waals surface area contributed by atoms with Crippen molar-refractivity contribution in [2.75, 3.05) is 18.6 Å². The number of para-hydroxylation sites is 2. The fourth-order valence-electron chi connectivity index (χ4n) is 3.47. The van der Waals surface area contributed by atoms with Crippen LogP contribution in [0.1, 0.15) is 18.2 Å². The van der Waals surface area contributed by atoms with Crippen molar-refractivity contribution >= 4 is 34.2 Å². The number of ether oxygens (including phenoxy) is 1. The minimum Gasteiger partial charge on any atom is -0.497 e. The van der Waals surface area contributed by atoms with Crippen LogP contribution in [-0.2, 0) is 11.8 Å². The van der Waals surface area contributed by atoms with Crippen LogP contribution in [0, 0.1) is 0 Å². The molecule has 1 atom stereocenters. The van der Waals surface area contributed by atoms with Gasteiger partial charge >= 0.3 is 0 Å². The summed E-state index contributed by atoms with van der Waals surface area (Å²) in [6.45, 7) is 0.558. The highest BCUT2D eigenvalue weighted by Gasteiger charge is 2.35. The average Bonchev–Trinajstić information content (AvgIpc) is 3.16. The van der Waals surface area contributed by atoms with Crippen molar-refractivity contribution in [3.8, 4) is 5.75 Å². The van der Waals surface area contributed by atoms with Gasteiger partial charge in [-0.3, -0.25) is 4.79 Å². The van der Waals surface area contributed by atoms with Crippen molar-refractivity contribution in [3.05, 3.63) is 53.3 Å². The van der Waals surface area contributed by atoms with Crippen LogP contribution in [0.4, 0.5) is 5.69 Å². The number of hydrogen-bond donors (Lipinski definition) is 0. The zero-order valence-corrected chi connectivity index (χ0v) is 14.8. The smallest absolute Gasteiger partial charge is 0.227 e. The molecule has 1 saturated heterocycles. The van der Waals surface area contributed by atoms with Crippen LogP contribution in [0.25, 0.3) is 11.0 Å². The lowest BCUT2D eigenvalue weighted by Gasteiger charge is -2.19. The number of carbonyl (C=O) groups is 1. The molecular formula is C19H18ClN3O2. The molecular weight excluding hydrogens is 338 g/mol. The van der Waals surface area contributed by atoms with Gasteiger partial charge in [-0.1, -0.05) is 23.7 Å². The van der Waals surface area contributed by atoms with Gasteiger partial charge in [0.1, 0.15) is 11.6 Å². The molecule has 1 aliphatic heterocycles. The molecule has 128 valence electrons. The second-order valence-electron chi connectivity index (χ2n) is 6.24. The number of halogens is 1. The van der Waals surface area contributed by atoms with Crippen molar-refractivity contribution < 1.29 is 9.53 Å². The summed E-state index contributed by atoms with van der Waals surface area (Å²) >= 11 is 6.32. The maximum absolute atomic E-state index is 12.6. The van der Waals surface area contributed by atoms with Gasteiger partial charge in [0.05, 0.1) is 28.9 Å². The van der Waals surface area contributed by atoms with Gasteiger partial charge in [0.25, 0.3) is 0 Å². The Hall–Kier alpha value is -2.53. The number of hydrogen-bond acceptors (Lipinski definition) is 3. The number of amides is 1. The minimum absolute atomic E-state index is 0.0344. The summed E-state index contributed by atoms with van der Waals surface area (Å²) in [6.07, 6.45) is 0.421. The molecule has 0 unspecified atom stereocenters. The van der Waals surface area contributed by atoms with E-state index < -0.39 is 0 Å².